The molecule has 0 unspecified atom stereocenters. The summed E-state index contributed by atoms with van der Waals surface area (Å²) in [7, 11) is 0. The van der Waals surface area contributed by atoms with Crippen LogP contribution in [0.3, 0.4) is 0 Å². The van der Waals surface area contributed by atoms with Crippen LogP contribution >= 0.6 is 0 Å². The molecule has 26 heavy (non-hydrogen) atoms. The van der Waals surface area contributed by atoms with Gasteiger partial charge < -0.3 is 5.11 Å². The van der Waals surface area contributed by atoms with E-state index in [1.165, 1.54) is 0 Å². The molecule has 4 aromatic rings. The summed E-state index contributed by atoms with van der Waals surface area (Å²) >= 11 is 0. The van der Waals surface area contributed by atoms with Crippen molar-refractivity contribution >= 4 is 6.21 Å². The van der Waals surface area contributed by atoms with E-state index >= 15 is 0 Å². The average molecular weight is 340 g/mol. The van der Waals surface area contributed by atoms with Crippen LogP contribution in [0.2, 0.25) is 0 Å². The van der Waals surface area contributed by atoms with E-state index < -0.39 is 0 Å². The van der Waals surface area contributed by atoms with Crippen LogP contribution in [0.4, 0.5) is 0 Å². The summed E-state index contributed by atoms with van der Waals surface area (Å²) in [6, 6.07) is 26.6. The monoisotopic (exact) mass is 340 g/mol. The fourth-order valence-corrected chi connectivity index (χ4v) is 2.64. The van der Waals surface area contributed by atoms with E-state index in [4.69, 9.17) is 0 Å². The Kier molecular flexibility index (Phi) is 4.26. The van der Waals surface area contributed by atoms with Gasteiger partial charge >= 0.3 is 0 Å². The number of aromatic hydroxyl groups is 1. The number of para-hydroxylation sites is 1. The molecule has 0 atom stereocenters. The first kappa shape index (κ1) is 15.8. The second kappa shape index (κ2) is 7.03. The first-order valence-corrected chi connectivity index (χ1v) is 8.21. The summed E-state index contributed by atoms with van der Waals surface area (Å²) in [5, 5.41) is 23.2. The van der Waals surface area contributed by atoms with Crippen LogP contribution in [-0.4, -0.2) is 26.2 Å². The number of nitrogens with zero attached hydrogens (tertiary/aromatic N) is 4. The van der Waals surface area contributed by atoms with Crippen molar-refractivity contribution < 1.29 is 5.11 Å². The summed E-state index contributed by atoms with van der Waals surface area (Å²) < 4.78 is 1.69. The molecule has 5 heteroatoms. The van der Waals surface area contributed by atoms with E-state index in [0.717, 1.165) is 11.1 Å². The smallest absolute Gasteiger partial charge is 0.185 e. The Hall–Kier alpha value is -3.73. The largest absolute Gasteiger partial charge is 0.507 e. The van der Waals surface area contributed by atoms with E-state index in [1.54, 1.807) is 29.1 Å². The van der Waals surface area contributed by atoms with Gasteiger partial charge in [0.05, 0.1) is 6.21 Å². The van der Waals surface area contributed by atoms with Crippen molar-refractivity contribution in [3.8, 4) is 28.5 Å². The number of hydrogen-bond donors (Lipinski definition) is 1. The molecule has 1 N–H and O–H groups in total. The number of rotatable bonds is 4. The van der Waals surface area contributed by atoms with Crippen molar-refractivity contribution in [3.63, 3.8) is 0 Å². The highest BCUT2D eigenvalue weighted by atomic mass is 16.3. The molecule has 1 heterocycles. The second-order valence-corrected chi connectivity index (χ2v) is 5.69. The lowest BCUT2D eigenvalue weighted by atomic mass is 10.2. The highest BCUT2D eigenvalue weighted by Gasteiger charge is 2.14. The molecular weight excluding hydrogens is 324 g/mol. The molecule has 0 aliphatic carbocycles. The Morgan fingerprint density at radius 1 is 0.692 bits per heavy atom. The average Bonchev–Trinajstić information content (AvgIpc) is 3.12. The molecule has 4 rings (SSSR count). The minimum Gasteiger partial charge on any atom is -0.507 e. The lowest BCUT2D eigenvalue weighted by molar-refractivity contribution is 0.474. The Labute approximate surface area is 150 Å². The van der Waals surface area contributed by atoms with Crippen molar-refractivity contribution in [2.45, 2.75) is 0 Å². The highest BCUT2D eigenvalue weighted by Crippen LogP contribution is 2.24. The molecule has 0 saturated heterocycles. The number of hydrogen-bond acceptors (Lipinski definition) is 4. The van der Waals surface area contributed by atoms with E-state index in [9.17, 15) is 5.11 Å². The van der Waals surface area contributed by atoms with E-state index in [-0.39, 0.29) is 5.75 Å². The molecule has 0 saturated carbocycles. The molecular formula is C21H16N4O. The highest BCUT2D eigenvalue weighted by molar-refractivity contribution is 5.83. The van der Waals surface area contributed by atoms with Crippen molar-refractivity contribution in [1.82, 2.24) is 14.9 Å². The number of benzene rings is 3. The number of aromatic nitrogens is 3. The minimum atomic E-state index is 0.173. The van der Waals surface area contributed by atoms with Gasteiger partial charge in [-0.3, -0.25) is 0 Å². The molecule has 126 valence electrons. The topological polar surface area (TPSA) is 63.3 Å². The van der Waals surface area contributed by atoms with Crippen LogP contribution < -0.4 is 0 Å². The summed E-state index contributed by atoms with van der Waals surface area (Å²) in [5.41, 5.74) is 2.45. The summed E-state index contributed by atoms with van der Waals surface area (Å²) in [5.74, 6) is 1.44. The first-order valence-electron chi connectivity index (χ1n) is 8.21. The Morgan fingerprint density at radius 2 is 1.19 bits per heavy atom. The van der Waals surface area contributed by atoms with Gasteiger partial charge in [0, 0.05) is 16.7 Å². The predicted molar refractivity (Wildman–Crippen MR) is 102 cm³/mol. The van der Waals surface area contributed by atoms with E-state index in [1.807, 2.05) is 66.7 Å². The lowest BCUT2D eigenvalue weighted by Crippen LogP contribution is -1.97. The van der Waals surface area contributed by atoms with E-state index in [0.29, 0.717) is 17.2 Å². The first-order chi connectivity index (χ1) is 12.8. The second-order valence-electron chi connectivity index (χ2n) is 5.69. The van der Waals surface area contributed by atoms with Gasteiger partial charge in [-0.1, -0.05) is 72.8 Å². The van der Waals surface area contributed by atoms with E-state index in [2.05, 4.69) is 15.3 Å². The summed E-state index contributed by atoms with van der Waals surface area (Å²) in [6.45, 7) is 0. The summed E-state index contributed by atoms with van der Waals surface area (Å²) in [6.07, 6.45) is 1.61. The van der Waals surface area contributed by atoms with Gasteiger partial charge in [-0.05, 0) is 12.1 Å². The molecule has 0 radical (unpaired) electrons. The molecule has 0 aliphatic rings. The molecule has 0 fully saturated rings. The maximum absolute atomic E-state index is 9.98. The van der Waals surface area contributed by atoms with Crippen LogP contribution in [0.1, 0.15) is 5.56 Å². The van der Waals surface area contributed by atoms with Crippen LogP contribution in [0, 0.1) is 0 Å². The third kappa shape index (κ3) is 3.10. The van der Waals surface area contributed by atoms with Crippen LogP contribution in [0.15, 0.2) is 90.0 Å². The van der Waals surface area contributed by atoms with Gasteiger partial charge in [-0.2, -0.15) is 9.78 Å². The van der Waals surface area contributed by atoms with Gasteiger partial charge in [-0.15, -0.1) is 10.2 Å². The SMILES string of the molecule is Oc1ccccc1C=Nn1c(-c2ccccc2)nnc1-c1ccccc1. The molecule has 1 aromatic heterocycles. The number of phenolic OH excluding ortho intramolecular Hbond substituents is 1. The van der Waals surface area contributed by atoms with Crippen molar-refractivity contribution in [3.05, 3.63) is 90.5 Å². The van der Waals surface area contributed by atoms with Gasteiger partial charge in [0.15, 0.2) is 11.6 Å². The Morgan fingerprint density at radius 3 is 1.73 bits per heavy atom. The molecule has 0 amide bonds. The molecule has 3 aromatic carbocycles. The molecule has 0 bridgehead atoms. The van der Waals surface area contributed by atoms with Crippen LogP contribution in [0.5, 0.6) is 5.75 Å². The minimum absolute atomic E-state index is 0.173. The Balaban J connectivity index is 1.85. The normalized spacial score (nSPS) is 11.1. The van der Waals surface area contributed by atoms with Crippen molar-refractivity contribution in [1.29, 1.82) is 0 Å². The third-order valence-corrected chi connectivity index (χ3v) is 3.95. The Bertz CT molecular complexity index is 983. The van der Waals surface area contributed by atoms with Crippen molar-refractivity contribution in [2.75, 3.05) is 0 Å². The number of phenols is 1. The zero-order valence-corrected chi connectivity index (χ0v) is 13.9. The third-order valence-electron chi connectivity index (χ3n) is 3.95. The molecule has 5 nitrogen and oxygen atoms in total. The fourth-order valence-electron chi connectivity index (χ4n) is 2.64. The summed E-state index contributed by atoms with van der Waals surface area (Å²) in [4.78, 5) is 0. The quantitative estimate of drug-likeness (QED) is 0.566. The maximum atomic E-state index is 9.98. The molecule has 0 aliphatic heterocycles. The zero-order chi connectivity index (χ0) is 17.8. The van der Waals surface area contributed by atoms with Gasteiger partial charge in [0.2, 0.25) is 0 Å². The lowest BCUT2D eigenvalue weighted by Gasteiger charge is -2.05. The standard InChI is InChI=1S/C21H16N4O/c26-19-14-8-7-13-18(19)15-22-25-20(16-9-3-1-4-10-16)23-24-21(25)17-11-5-2-6-12-17/h1-15,26H. The zero-order valence-electron chi connectivity index (χ0n) is 13.9. The maximum Gasteiger partial charge on any atom is 0.185 e. The van der Waals surface area contributed by atoms with Crippen molar-refractivity contribution in [2.24, 2.45) is 5.10 Å². The molecule has 0 spiro atoms. The van der Waals surface area contributed by atoms with Gasteiger partial charge in [0.25, 0.3) is 0 Å². The van der Waals surface area contributed by atoms with Gasteiger partial charge in [0.1, 0.15) is 5.75 Å². The van der Waals surface area contributed by atoms with Gasteiger partial charge in [-0.25, -0.2) is 0 Å². The fraction of sp³-hybridized carbons (Fsp3) is 0. The van der Waals surface area contributed by atoms with Crippen LogP contribution in [-0.2, 0) is 0 Å². The van der Waals surface area contributed by atoms with Crippen LogP contribution in [0.25, 0.3) is 22.8 Å². The predicted octanol–water partition coefficient (Wildman–Crippen LogP) is 4.20.